The van der Waals surface area contributed by atoms with Gasteiger partial charge in [0, 0.05) is 49.4 Å². The molecule has 0 aromatic heterocycles. The van der Waals surface area contributed by atoms with Crippen molar-refractivity contribution in [3.63, 3.8) is 0 Å². The molecule has 40 heavy (non-hydrogen) atoms. The van der Waals surface area contributed by atoms with Crippen LogP contribution in [-0.4, -0.2) is 59.9 Å². The minimum Gasteiger partial charge on any atom is -0.391 e. The third kappa shape index (κ3) is 6.36. The predicted molar refractivity (Wildman–Crippen MR) is 156 cm³/mol. The zero-order chi connectivity index (χ0) is 28.1. The minimum absolute atomic E-state index is 0.0548. The fourth-order valence-corrected chi connectivity index (χ4v) is 5.74. The fraction of sp³-hybridized carbons (Fsp3) is 0.375. The van der Waals surface area contributed by atoms with Crippen LogP contribution in [0.25, 0.3) is 0 Å². The molecule has 5 rings (SSSR count). The summed E-state index contributed by atoms with van der Waals surface area (Å²) >= 11 is 0. The lowest BCUT2D eigenvalue weighted by Crippen LogP contribution is -2.49. The maximum Gasteiger partial charge on any atom is 0.251 e. The molecule has 0 spiro atoms. The second-order valence-corrected chi connectivity index (χ2v) is 10.6. The van der Waals surface area contributed by atoms with Crippen molar-refractivity contribution in [2.24, 2.45) is 0 Å². The molecule has 3 aromatic carbocycles. The number of nitrogens with one attached hydrogen (secondary N) is 3. The molecule has 4 atom stereocenters. The molecule has 1 heterocycles. The van der Waals surface area contributed by atoms with Crippen LogP contribution in [0.4, 0.5) is 11.4 Å². The van der Waals surface area contributed by atoms with Gasteiger partial charge in [-0.05, 0) is 54.7 Å². The average molecular weight is 543 g/mol. The maximum atomic E-state index is 13.6. The molecule has 2 amide bonds. The standard InChI is InChI=1S/C32H38N4O4/c1-2-33-24-16-23(17-25(19-24)36-14-8-13-30(36)39)32(40)35-27(15-21-9-4-3-5-10-21)29(38)20-34-31-26-12-7-6-11-22(26)18-28(31)37/h3-7,9-12,16-17,19,27-29,31,33-34,37-38H,2,8,13-15,18,20H2,1H3,(H,35,40)/t27-,28+,29-,31-/m0/s1. The third-order valence-corrected chi connectivity index (χ3v) is 7.78. The summed E-state index contributed by atoms with van der Waals surface area (Å²) in [5, 5.41) is 31.6. The van der Waals surface area contributed by atoms with Crippen molar-refractivity contribution in [2.75, 3.05) is 29.9 Å². The van der Waals surface area contributed by atoms with Gasteiger partial charge in [0.2, 0.25) is 5.91 Å². The normalized spacial score (nSPS) is 19.8. The molecule has 0 bridgehead atoms. The number of carbonyl (C=O) groups excluding carboxylic acids is 2. The quantitative estimate of drug-likeness (QED) is 0.254. The van der Waals surface area contributed by atoms with E-state index in [-0.39, 0.29) is 24.4 Å². The van der Waals surface area contributed by atoms with Crippen LogP contribution in [0.3, 0.4) is 0 Å². The van der Waals surface area contributed by atoms with Crippen molar-refractivity contribution in [2.45, 2.75) is 56.9 Å². The average Bonchev–Trinajstić information content (AvgIpc) is 3.53. The number of hydrogen-bond acceptors (Lipinski definition) is 6. The summed E-state index contributed by atoms with van der Waals surface area (Å²) in [6.45, 7) is 3.48. The summed E-state index contributed by atoms with van der Waals surface area (Å²) in [6, 6.07) is 22.2. The summed E-state index contributed by atoms with van der Waals surface area (Å²) < 4.78 is 0. The molecule has 5 N–H and O–H groups in total. The first-order chi connectivity index (χ1) is 19.4. The molecule has 0 unspecified atom stereocenters. The first-order valence-electron chi connectivity index (χ1n) is 14.1. The summed E-state index contributed by atoms with van der Waals surface area (Å²) in [5.41, 5.74) is 5.01. The van der Waals surface area contributed by atoms with Gasteiger partial charge >= 0.3 is 0 Å². The lowest BCUT2D eigenvalue weighted by atomic mass is 9.99. The number of nitrogens with zero attached hydrogens (tertiary/aromatic N) is 1. The molecule has 8 heteroatoms. The second kappa shape index (κ2) is 12.6. The molecule has 210 valence electrons. The van der Waals surface area contributed by atoms with Crippen molar-refractivity contribution in [3.8, 4) is 0 Å². The number of aliphatic hydroxyl groups excluding tert-OH is 2. The van der Waals surface area contributed by atoms with Crippen molar-refractivity contribution in [1.82, 2.24) is 10.6 Å². The van der Waals surface area contributed by atoms with E-state index in [1.54, 1.807) is 17.0 Å². The van der Waals surface area contributed by atoms with Gasteiger partial charge in [-0.1, -0.05) is 54.6 Å². The van der Waals surface area contributed by atoms with Crippen LogP contribution in [0.1, 0.15) is 52.9 Å². The molecule has 1 saturated heterocycles. The van der Waals surface area contributed by atoms with Gasteiger partial charge in [0.25, 0.3) is 5.91 Å². The van der Waals surface area contributed by atoms with E-state index in [9.17, 15) is 19.8 Å². The largest absolute Gasteiger partial charge is 0.391 e. The van der Waals surface area contributed by atoms with E-state index in [1.165, 1.54) is 0 Å². The summed E-state index contributed by atoms with van der Waals surface area (Å²) in [4.78, 5) is 27.8. The Hall–Kier alpha value is -3.72. The smallest absolute Gasteiger partial charge is 0.251 e. The number of anilines is 2. The van der Waals surface area contributed by atoms with Crippen LogP contribution in [0.5, 0.6) is 0 Å². The molecular weight excluding hydrogens is 504 g/mol. The molecule has 8 nitrogen and oxygen atoms in total. The zero-order valence-electron chi connectivity index (χ0n) is 22.8. The summed E-state index contributed by atoms with van der Waals surface area (Å²) in [6.07, 6.45) is 0.810. The highest BCUT2D eigenvalue weighted by Crippen LogP contribution is 2.31. The highest BCUT2D eigenvalue weighted by Gasteiger charge is 2.32. The van der Waals surface area contributed by atoms with Crippen molar-refractivity contribution < 1.29 is 19.8 Å². The minimum atomic E-state index is -0.916. The molecule has 1 aliphatic heterocycles. The summed E-state index contributed by atoms with van der Waals surface area (Å²) in [7, 11) is 0. The SMILES string of the molecule is CCNc1cc(C(=O)N[C@@H](Cc2ccccc2)[C@@H](O)CN[C@H]2c3ccccc3C[C@H]2O)cc(N2CCCC2=O)c1. The molecule has 2 aliphatic rings. The fourth-order valence-electron chi connectivity index (χ4n) is 5.74. The Bertz CT molecular complexity index is 1330. The van der Waals surface area contributed by atoms with Crippen molar-refractivity contribution in [1.29, 1.82) is 0 Å². The van der Waals surface area contributed by atoms with Crippen molar-refractivity contribution >= 4 is 23.2 Å². The van der Waals surface area contributed by atoms with E-state index in [0.29, 0.717) is 43.6 Å². The second-order valence-electron chi connectivity index (χ2n) is 10.6. The number of benzene rings is 3. The molecular formula is C32H38N4O4. The van der Waals surface area contributed by atoms with Gasteiger partial charge in [0.15, 0.2) is 0 Å². The first-order valence-corrected chi connectivity index (χ1v) is 14.1. The van der Waals surface area contributed by atoms with Gasteiger partial charge in [-0.15, -0.1) is 0 Å². The third-order valence-electron chi connectivity index (χ3n) is 7.78. The number of fused-ring (bicyclic) bond motifs is 1. The first kappa shape index (κ1) is 27.8. The Morgan fingerprint density at radius 2 is 1.85 bits per heavy atom. The Balaban J connectivity index is 1.35. The van der Waals surface area contributed by atoms with E-state index < -0.39 is 18.2 Å². The Morgan fingerprint density at radius 1 is 1.07 bits per heavy atom. The van der Waals surface area contributed by atoms with E-state index in [0.717, 1.165) is 28.8 Å². The van der Waals surface area contributed by atoms with Crippen LogP contribution >= 0.6 is 0 Å². The highest BCUT2D eigenvalue weighted by molar-refractivity contribution is 6.00. The molecule has 0 radical (unpaired) electrons. The molecule has 3 aromatic rings. The number of hydrogen-bond donors (Lipinski definition) is 5. The Kier molecular flexibility index (Phi) is 8.79. The zero-order valence-corrected chi connectivity index (χ0v) is 22.8. The van der Waals surface area contributed by atoms with E-state index in [1.807, 2.05) is 67.6 Å². The lowest BCUT2D eigenvalue weighted by Gasteiger charge is -2.27. The van der Waals surface area contributed by atoms with Gasteiger partial charge < -0.3 is 31.1 Å². The molecule has 1 aliphatic carbocycles. The topological polar surface area (TPSA) is 114 Å². The van der Waals surface area contributed by atoms with E-state index in [4.69, 9.17) is 0 Å². The van der Waals surface area contributed by atoms with Crippen LogP contribution < -0.4 is 20.9 Å². The number of aliphatic hydroxyl groups is 2. The number of amides is 2. The monoisotopic (exact) mass is 542 g/mol. The summed E-state index contributed by atoms with van der Waals surface area (Å²) in [5.74, 6) is -0.266. The maximum absolute atomic E-state index is 13.6. The van der Waals surface area contributed by atoms with Crippen molar-refractivity contribution in [3.05, 3.63) is 95.1 Å². The van der Waals surface area contributed by atoms with Gasteiger partial charge in [0.1, 0.15) is 0 Å². The van der Waals surface area contributed by atoms with Gasteiger partial charge in [-0.25, -0.2) is 0 Å². The Labute approximate surface area is 235 Å². The van der Waals surface area contributed by atoms with Gasteiger partial charge in [-0.3, -0.25) is 9.59 Å². The molecule has 0 saturated carbocycles. The van der Waals surface area contributed by atoms with E-state index in [2.05, 4.69) is 16.0 Å². The van der Waals surface area contributed by atoms with E-state index >= 15 is 0 Å². The number of carbonyl (C=O) groups is 2. The predicted octanol–water partition coefficient (Wildman–Crippen LogP) is 3.20. The lowest BCUT2D eigenvalue weighted by molar-refractivity contribution is -0.117. The molecule has 1 fully saturated rings. The van der Waals surface area contributed by atoms with Crippen LogP contribution in [0.15, 0.2) is 72.8 Å². The Morgan fingerprint density at radius 3 is 2.60 bits per heavy atom. The van der Waals surface area contributed by atoms with Crippen LogP contribution in [-0.2, 0) is 17.6 Å². The van der Waals surface area contributed by atoms with Gasteiger partial charge in [-0.2, -0.15) is 0 Å². The van der Waals surface area contributed by atoms with Gasteiger partial charge in [0.05, 0.1) is 24.3 Å². The van der Waals surface area contributed by atoms with Crippen LogP contribution in [0.2, 0.25) is 0 Å². The van der Waals surface area contributed by atoms with Crippen LogP contribution in [0, 0.1) is 0 Å². The highest BCUT2D eigenvalue weighted by atomic mass is 16.3. The number of rotatable bonds is 11.